The van der Waals surface area contributed by atoms with E-state index in [1.165, 1.54) is 12.4 Å². The predicted molar refractivity (Wildman–Crippen MR) is 111 cm³/mol. The highest BCUT2D eigenvalue weighted by molar-refractivity contribution is 6.31. The Morgan fingerprint density at radius 1 is 1.13 bits per heavy atom. The van der Waals surface area contributed by atoms with Gasteiger partial charge in [-0.3, -0.25) is 9.78 Å². The molecule has 30 heavy (non-hydrogen) atoms. The second kappa shape index (κ2) is 7.25. The third kappa shape index (κ3) is 2.98. The summed E-state index contributed by atoms with van der Waals surface area (Å²) in [6.45, 7) is 0.408. The van der Waals surface area contributed by atoms with E-state index in [4.69, 9.17) is 11.6 Å². The van der Waals surface area contributed by atoms with Crippen molar-refractivity contribution in [2.75, 3.05) is 0 Å². The van der Waals surface area contributed by atoms with Gasteiger partial charge in [-0.05, 0) is 41.3 Å². The van der Waals surface area contributed by atoms with Crippen LogP contribution in [0.5, 0.6) is 0 Å². The highest BCUT2D eigenvalue weighted by Crippen LogP contribution is 2.38. The Hall–Kier alpha value is -3.76. The summed E-state index contributed by atoms with van der Waals surface area (Å²) in [5.74, 6) is -0.0421. The fraction of sp³-hybridized carbons (Fsp3) is 0.136. The van der Waals surface area contributed by atoms with Crippen molar-refractivity contribution in [3.8, 4) is 6.07 Å². The van der Waals surface area contributed by atoms with E-state index in [-0.39, 0.29) is 11.9 Å². The second-order valence-corrected chi connectivity index (χ2v) is 7.55. The lowest BCUT2D eigenvalue weighted by Crippen LogP contribution is -2.29. The monoisotopic (exact) mass is 414 g/mol. The highest BCUT2D eigenvalue weighted by Gasteiger charge is 2.37. The normalized spacial score (nSPS) is 15.4. The lowest BCUT2D eigenvalue weighted by atomic mass is 9.96. The first kappa shape index (κ1) is 18.3. The third-order valence-corrected chi connectivity index (χ3v) is 5.77. The number of nitriles is 1. The van der Waals surface area contributed by atoms with Gasteiger partial charge in [-0.1, -0.05) is 35.9 Å². The van der Waals surface area contributed by atoms with Gasteiger partial charge in [-0.2, -0.15) is 20.7 Å². The topological polar surface area (TPSA) is 98.6 Å². The molecule has 1 N–H and O–H groups in total. The molecule has 0 saturated carbocycles. The predicted octanol–water partition coefficient (Wildman–Crippen LogP) is 3.82. The minimum atomic E-state index is -0.242. The maximum Gasteiger partial charge on any atom is 0.255 e. The van der Waals surface area contributed by atoms with E-state index < -0.39 is 0 Å². The Balaban J connectivity index is 1.55. The molecule has 3 heterocycles. The van der Waals surface area contributed by atoms with E-state index in [1.807, 2.05) is 47.4 Å². The van der Waals surface area contributed by atoms with E-state index in [0.717, 1.165) is 22.2 Å². The molecule has 0 spiro atoms. The molecule has 5 rings (SSSR count). The number of carbonyl (C=O) groups excluding carboxylic acids is 1. The van der Waals surface area contributed by atoms with Gasteiger partial charge in [-0.25, -0.2) is 0 Å². The molecule has 2 aromatic heterocycles. The lowest BCUT2D eigenvalue weighted by Gasteiger charge is -2.26. The molecular weight excluding hydrogens is 400 g/mol. The smallest absolute Gasteiger partial charge is 0.255 e. The summed E-state index contributed by atoms with van der Waals surface area (Å²) in [5, 5.41) is 20.7. The third-order valence-electron chi connectivity index (χ3n) is 5.44. The van der Waals surface area contributed by atoms with Crippen LogP contribution < -0.4 is 0 Å². The molecule has 1 amide bonds. The molecule has 2 aromatic carbocycles. The van der Waals surface area contributed by atoms with Crippen LogP contribution in [0.15, 0.2) is 54.9 Å². The van der Waals surface area contributed by atoms with E-state index in [2.05, 4.69) is 26.5 Å². The number of aromatic amines is 1. The van der Waals surface area contributed by atoms with Crippen LogP contribution in [0.1, 0.15) is 38.7 Å². The van der Waals surface area contributed by atoms with E-state index >= 15 is 0 Å². The molecule has 1 aliphatic heterocycles. The average molecular weight is 415 g/mol. The number of carbonyl (C=O) groups is 1. The van der Waals surface area contributed by atoms with Crippen LogP contribution in [0.4, 0.5) is 0 Å². The fourth-order valence-corrected chi connectivity index (χ4v) is 4.22. The number of amides is 1. The molecule has 0 fully saturated rings. The Morgan fingerprint density at radius 2 is 1.97 bits per heavy atom. The van der Waals surface area contributed by atoms with Crippen molar-refractivity contribution in [1.82, 2.24) is 25.3 Å². The quantitative estimate of drug-likeness (QED) is 0.547. The first-order chi connectivity index (χ1) is 14.7. The van der Waals surface area contributed by atoms with Crippen LogP contribution in [0, 0.1) is 11.3 Å². The molecule has 4 aromatic rings. The van der Waals surface area contributed by atoms with Crippen molar-refractivity contribution in [3.05, 3.63) is 87.7 Å². The molecule has 0 radical (unpaired) electrons. The van der Waals surface area contributed by atoms with Crippen molar-refractivity contribution >= 4 is 28.5 Å². The van der Waals surface area contributed by atoms with Gasteiger partial charge in [0, 0.05) is 24.5 Å². The number of H-pyrrole nitrogens is 1. The van der Waals surface area contributed by atoms with Crippen molar-refractivity contribution in [2.45, 2.75) is 19.0 Å². The van der Waals surface area contributed by atoms with Crippen molar-refractivity contribution in [3.63, 3.8) is 0 Å². The summed E-state index contributed by atoms with van der Waals surface area (Å²) in [7, 11) is 0. The first-order valence-corrected chi connectivity index (χ1v) is 9.75. The SMILES string of the molecule is N#Cc1cncc(Cl)c1CC1c2ccccc2C(=O)N1Cc1ccc2n[nH]nc2c1. The molecule has 7 nitrogen and oxygen atoms in total. The molecule has 0 bridgehead atoms. The van der Waals surface area contributed by atoms with Crippen LogP contribution >= 0.6 is 11.6 Å². The number of hydrogen-bond donors (Lipinski definition) is 1. The number of halogens is 1. The summed E-state index contributed by atoms with van der Waals surface area (Å²) in [5.41, 5.74) is 5.19. The highest BCUT2D eigenvalue weighted by atomic mass is 35.5. The van der Waals surface area contributed by atoms with Gasteiger partial charge < -0.3 is 4.90 Å². The van der Waals surface area contributed by atoms with Gasteiger partial charge in [0.05, 0.1) is 16.6 Å². The second-order valence-electron chi connectivity index (χ2n) is 7.15. The summed E-state index contributed by atoms with van der Waals surface area (Å²) in [6, 6.07) is 15.2. The molecule has 8 heteroatoms. The van der Waals surface area contributed by atoms with Crippen LogP contribution in [-0.4, -0.2) is 31.2 Å². The molecule has 1 aliphatic rings. The number of pyridine rings is 1. The number of benzene rings is 2. The maximum absolute atomic E-state index is 13.2. The van der Waals surface area contributed by atoms with Gasteiger partial charge >= 0.3 is 0 Å². The number of fused-ring (bicyclic) bond motifs is 2. The summed E-state index contributed by atoms with van der Waals surface area (Å²) in [6.07, 6.45) is 3.47. The number of aromatic nitrogens is 4. The Labute approximate surface area is 176 Å². The van der Waals surface area contributed by atoms with Gasteiger partial charge in [0.2, 0.25) is 0 Å². The van der Waals surface area contributed by atoms with Gasteiger partial charge in [0.1, 0.15) is 17.1 Å². The zero-order valence-corrected chi connectivity index (χ0v) is 16.5. The Kier molecular flexibility index (Phi) is 4.42. The summed E-state index contributed by atoms with van der Waals surface area (Å²) in [4.78, 5) is 19.1. The van der Waals surface area contributed by atoms with Crippen LogP contribution in [-0.2, 0) is 13.0 Å². The number of nitrogens with zero attached hydrogens (tertiary/aromatic N) is 5. The Morgan fingerprint density at radius 3 is 2.83 bits per heavy atom. The summed E-state index contributed by atoms with van der Waals surface area (Å²) >= 11 is 6.38. The largest absolute Gasteiger partial charge is 0.327 e. The minimum absolute atomic E-state index is 0.0421. The molecule has 1 unspecified atom stereocenters. The van der Waals surface area contributed by atoms with Gasteiger partial charge in [0.15, 0.2) is 0 Å². The number of nitrogens with one attached hydrogen (secondary N) is 1. The summed E-state index contributed by atoms with van der Waals surface area (Å²) < 4.78 is 0. The van der Waals surface area contributed by atoms with Gasteiger partial charge in [0.25, 0.3) is 5.91 Å². The Bertz CT molecular complexity index is 1320. The molecule has 146 valence electrons. The van der Waals surface area contributed by atoms with E-state index in [9.17, 15) is 10.1 Å². The van der Waals surface area contributed by atoms with Crippen molar-refractivity contribution in [1.29, 1.82) is 5.26 Å². The lowest BCUT2D eigenvalue weighted by molar-refractivity contribution is 0.0709. The van der Waals surface area contributed by atoms with E-state index in [1.54, 1.807) is 0 Å². The molecule has 0 aliphatic carbocycles. The molecule has 1 atom stereocenters. The van der Waals surface area contributed by atoms with Crippen molar-refractivity contribution < 1.29 is 4.79 Å². The van der Waals surface area contributed by atoms with Gasteiger partial charge in [-0.15, -0.1) is 0 Å². The minimum Gasteiger partial charge on any atom is -0.327 e. The van der Waals surface area contributed by atoms with Crippen molar-refractivity contribution in [2.24, 2.45) is 0 Å². The zero-order valence-electron chi connectivity index (χ0n) is 15.7. The fourth-order valence-electron chi connectivity index (χ4n) is 3.99. The number of rotatable bonds is 4. The maximum atomic E-state index is 13.2. The zero-order chi connectivity index (χ0) is 20.7. The van der Waals surface area contributed by atoms with Crippen LogP contribution in [0.2, 0.25) is 5.02 Å². The van der Waals surface area contributed by atoms with Crippen LogP contribution in [0.25, 0.3) is 11.0 Å². The molecule has 0 saturated heterocycles. The average Bonchev–Trinajstić information content (AvgIpc) is 3.33. The van der Waals surface area contributed by atoms with E-state index in [0.29, 0.717) is 34.7 Å². The first-order valence-electron chi connectivity index (χ1n) is 9.37. The number of hydrogen-bond acceptors (Lipinski definition) is 5. The van der Waals surface area contributed by atoms with Crippen LogP contribution in [0.3, 0.4) is 0 Å². The standard InChI is InChI=1S/C22H15ClN6O/c23-18-11-25-10-14(9-24)17(18)8-21-15-3-1-2-4-16(15)22(30)29(21)12-13-5-6-19-20(7-13)27-28-26-19/h1-7,10-11,21H,8,12H2,(H,26,27,28). The molecular formula is C22H15ClN6O.